The summed E-state index contributed by atoms with van der Waals surface area (Å²) in [6.45, 7) is 1.34. The number of carbonyl (C=O) groups is 2. The molecule has 5 N–H and O–H groups in total. The van der Waals surface area contributed by atoms with Crippen LogP contribution in [0.15, 0.2) is 24.3 Å². The maximum atomic E-state index is 12.3. The highest BCUT2D eigenvalue weighted by Crippen LogP contribution is 2.48. The van der Waals surface area contributed by atoms with Gasteiger partial charge in [-0.1, -0.05) is 12.1 Å². The van der Waals surface area contributed by atoms with Gasteiger partial charge in [0.25, 0.3) is 0 Å². The molecule has 1 fully saturated rings. The maximum Gasteiger partial charge on any atom is 0.328 e. The lowest BCUT2D eigenvalue weighted by Gasteiger charge is -2.21. The van der Waals surface area contributed by atoms with E-state index in [1.54, 1.807) is 24.3 Å². The fraction of sp³-hybridized carbons (Fsp3) is 0.429. The zero-order chi connectivity index (χ0) is 14.9. The van der Waals surface area contributed by atoms with Gasteiger partial charge in [-0.3, -0.25) is 4.79 Å². The summed E-state index contributed by atoms with van der Waals surface area (Å²) in [7, 11) is 0. The van der Waals surface area contributed by atoms with E-state index in [9.17, 15) is 14.7 Å². The third-order valence-electron chi connectivity index (χ3n) is 3.68. The first-order valence-electron chi connectivity index (χ1n) is 6.45. The third-order valence-corrected chi connectivity index (χ3v) is 3.68. The normalized spacial score (nSPS) is 18.9. The Morgan fingerprint density at radius 2 is 1.85 bits per heavy atom. The van der Waals surface area contributed by atoms with Crippen LogP contribution in [0.5, 0.6) is 0 Å². The Balaban J connectivity index is 2.16. The lowest BCUT2D eigenvalue weighted by molar-refractivity contribution is -0.145. The molecule has 6 heteroatoms. The lowest BCUT2D eigenvalue weighted by Crippen LogP contribution is -2.50. The zero-order valence-electron chi connectivity index (χ0n) is 11.2. The summed E-state index contributed by atoms with van der Waals surface area (Å²) in [4.78, 5) is 23.3. The molecule has 1 aliphatic rings. The van der Waals surface area contributed by atoms with Crippen LogP contribution in [0.1, 0.15) is 25.3 Å². The Kier molecular flexibility index (Phi) is 3.67. The number of hydrogen-bond donors (Lipinski definition) is 4. The van der Waals surface area contributed by atoms with Gasteiger partial charge in [-0.2, -0.15) is 0 Å². The molecule has 2 atom stereocenters. The number of benzene rings is 1. The van der Waals surface area contributed by atoms with Crippen LogP contribution >= 0.6 is 0 Å². The second-order valence-corrected chi connectivity index (χ2v) is 5.23. The Morgan fingerprint density at radius 1 is 1.30 bits per heavy atom. The van der Waals surface area contributed by atoms with Gasteiger partial charge in [-0.25, -0.2) is 4.79 Å². The van der Waals surface area contributed by atoms with Crippen molar-refractivity contribution in [3.63, 3.8) is 0 Å². The molecule has 0 spiro atoms. The average Bonchev–Trinajstić information content (AvgIpc) is 3.17. The minimum Gasteiger partial charge on any atom is -0.480 e. The standard InChI is InChI=1S/C14H18N2O4/c1-8(17)11(12(18)19)16-13(20)14(6-7-14)9-2-4-10(15)5-3-9/h2-5,8,11,17H,6-7,15H2,1H3,(H,16,20)(H,18,19)/t8-,11+/m1/s1. The van der Waals surface area contributed by atoms with E-state index in [1.165, 1.54) is 6.92 Å². The SMILES string of the molecule is C[C@@H](O)[C@H](NC(=O)C1(c2ccc(N)cc2)CC1)C(=O)O. The van der Waals surface area contributed by atoms with Crippen LogP contribution in [-0.4, -0.2) is 34.2 Å². The van der Waals surface area contributed by atoms with Crippen LogP contribution in [0, 0.1) is 0 Å². The summed E-state index contributed by atoms with van der Waals surface area (Å²) >= 11 is 0. The average molecular weight is 278 g/mol. The molecule has 0 aromatic heterocycles. The molecule has 0 saturated heterocycles. The van der Waals surface area contributed by atoms with Crippen LogP contribution in [0.25, 0.3) is 0 Å². The molecule has 20 heavy (non-hydrogen) atoms. The minimum absolute atomic E-state index is 0.365. The third kappa shape index (κ3) is 2.60. The highest BCUT2D eigenvalue weighted by Gasteiger charge is 2.52. The predicted octanol–water partition coefficient (Wildman–Crippen LogP) is 0.251. The molecule has 0 radical (unpaired) electrons. The highest BCUT2D eigenvalue weighted by atomic mass is 16.4. The van der Waals surface area contributed by atoms with Crippen LogP contribution in [0.3, 0.4) is 0 Å². The van der Waals surface area contributed by atoms with Crippen molar-refractivity contribution in [2.45, 2.75) is 37.3 Å². The van der Waals surface area contributed by atoms with E-state index in [0.29, 0.717) is 18.5 Å². The van der Waals surface area contributed by atoms with E-state index in [4.69, 9.17) is 10.8 Å². The molecule has 0 aliphatic heterocycles. The van der Waals surface area contributed by atoms with Crippen molar-refractivity contribution >= 4 is 17.6 Å². The van der Waals surface area contributed by atoms with Gasteiger partial charge in [0.05, 0.1) is 11.5 Å². The second-order valence-electron chi connectivity index (χ2n) is 5.23. The predicted molar refractivity (Wildman–Crippen MR) is 73.0 cm³/mol. The fourth-order valence-corrected chi connectivity index (χ4v) is 2.24. The molecule has 2 rings (SSSR count). The summed E-state index contributed by atoms with van der Waals surface area (Å²) in [5.74, 6) is -1.61. The van der Waals surface area contributed by atoms with E-state index in [2.05, 4.69) is 5.32 Å². The van der Waals surface area contributed by atoms with Gasteiger partial charge in [-0.05, 0) is 37.5 Å². The number of nitrogen functional groups attached to an aromatic ring is 1. The highest BCUT2D eigenvalue weighted by molar-refractivity contribution is 5.94. The number of rotatable bonds is 5. The van der Waals surface area contributed by atoms with Gasteiger partial charge >= 0.3 is 5.97 Å². The topological polar surface area (TPSA) is 113 Å². The summed E-state index contributed by atoms with van der Waals surface area (Å²) in [6.07, 6.45) is 0.169. The minimum atomic E-state index is -1.30. The zero-order valence-corrected chi connectivity index (χ0v) is 11.2. The van der Waals surface area contributed by atoms with Crippen LogP contribution in [0.2, 0.25) is 0 Å². The van der Waals surface area contributed by atoms with E-state index < -0.39 is 23.5 Å². The first kappa shape index (κ1) is 14.3. The van der Waals surface area contributed by atoms with E-state index in [-0.39, 0.29) is 5.91 Å². The summed E-state index contributed by atoms with van der Waals surface area (Å²) < 4.78 is 0. The Labute approximate surface area is 116 Å². The van der Waals surface area contributed by atoms with Crippen molar-refractivity contribution in [1.82, 2.24) is 5.32 Å². The Bertz CT molecular complexity index is 520. The number of carboxylic acid groups (broad SMARTS) is 1. The number of aliphatic hydroxyl groups is 1. The number of nitrogens with one attached hydrogen (secondary N) is 1. The number of anilines is 1. The molecule has 1 amide bonds. The Hall–Kier alpha value is -2.08. The van der Waals surface area contributed by atoms with Gasteiger partial charge in [0.2, 0.25) is 5.91 Å². The molecule has 0 unspecified atom stereocenters. The number of nitrogens with two attached hydrogens (primary N) is 1. The monoisotopic (exact) mass is 278 g/mol. The van der Waals surface area contributed by atoms with E-state index >= 15 is 0 Å². The molecule has 0 heterocycles. The van der Waals surface area contributed by atoms with E-state index in [0.717, 1.165) is 5.56 Å². The lowest BCUT2D eigenvalue weighted by atomic mass is 9.94. The molecule has 1 saturated carbocycles. The van der Waals surface area contributed by atoms with Gasteiger partial charge in [0.1, 0.15) is 0 Å². The summed E-state index contributed by atoms with van der Waals surface area (Å²) in [5, 5.41) is 20.8. The van der Waals surface area contributed by atoms with Crippen molar-refractivity contribution in [3.8, 4) is 0 Å². The molecule has 108 valence electrons. The maximum absolute atomic E-state index is 12.3. The largest absolute Gasteiger partial charge is 0.480 e. The van der Waals surface area contributed by atoms with Crippen LogP contribution in [-0.2, 0) is 15.0 Å². The first-order chi connectivity index (χ1) is 9.36. The molecular formula is C14H18N2O4. The van der Waals surface area contributed by atoms with Crippen molar-refractivity contribution in [2.24, 2.45) is 0 Å². The number of carbonyl (C=O) groups excluding carboxylic acids is 1. The van der Waals surface area contributed by atoms with Crippen molar-refractivity contribution in [2.75, 3.05) is 5.73 Å². The van der Waals surface area contributed by atoms with Crippen LogP contribution in [0.4, 0.5) is 5.69 Å². The van der Waals surface area contributed by atoms with Crippen molar-refractivity contribution < 1.29 is 19.8 Å². The van der Waals surface area contributed by atoms with Crippen molar-refractivity contribution in [1.29, 1.82) is 0 Å². The first-order valence-corrected chi connectivity index (χ1v) is 6.45. The van der Waals surface area contributed by atoms with Gasteiger partial charge in [0, 0.05) is 5.69 Å². The fourth-order valence-electron chi connectivity index (χ4n) is 2.24. The Morgan fingerprint density at radius 3 is 2.25 bits per heavy atom. The molecule has 1 aromatic rings. The molecule has 0 bridgehead atoms. The van der Waals surface area contributed by atoms with E-state index in [1.807, 2.05) is 0 Å². The second kappa shape index (κ2) is 5.13. The number of carboxylic acids is 1. The van der Waals surface area contributed by atoms with Gasteiger partial charge in [-0.15, -0.1) is 0 Å². The van der Waals surface area contributed by atoms with Crippen molar-refractivity contribution in [3.05, 3.63) is 29.8 Å². The quantitative estimate of drug-likeness (QED) is 0.577. The van der Waals surface area contributed by atoms with Gasteiger partial charge < -0.3 is 21.3 Å². The molecule has 6 nitrogen and oxygen atoms in total. The number of aliphatic carboxylic acids is 1. The number of aliphatic hydroxyl groups excluding tert-OH is 1. The number of amides is 1. The smallest absolute Gasteiger partial charge is 0.328 e. The molecular weight excluding hydrogens is 260 g/mol. The summed E-state index contributed by atoms with van der Waals surface area (Å²) in [5.41, 5.74) is 6.36. The summed E-state index contributed by atoms with van der Waals surface area (Å²) in [6, 6.07) is 5.69. The number of hydrogen-bond acceptors (Lipinski definition) is 4. The van der Waals surface area contributed by atoms with Crippen LogP contribution < -0.4 is 11.1 Å². The van der Waals surface area contributed by atoms with Gasteiger partial charge in [0.15, 0.2) is 6.04 Å². The molecule has 1 aliphatic carbocycles. The molecule has 1 aromatic carbocycles.